The van der Waals surface area contributed by atoms with Crippen LogP contribution in [0.3, 0.4) is 0 Å². The molecule has 1 unspecified atom stereocenters. The SMILES string of the molecule is CCNC(c1cnccn1)c1cc2ccc(F)cc2s1. The van der Waals surface area contributed by atoms with E-state index >= 15 is 0 Å². The molecule has 102 valence electrons. The molecule has 0 bridgehead atoms. The van der Waals surface area contributed by atoms with Gasteiger partial charge < -0.3 is 5.32 Å². The highest BCUT2D eigenvalue weighted by atomic mass is 32.1. The van der Waals surface area contributed by atoms with Gasteiger partial charge in [0, 0.05) is 22.0 Å². The molecule has 0 aliphatic rings. The Morgan fingerprint density at radius 1 is 1.30 bits per heavy atom. The Morgan fingerprint density at radius 2 is 2.20 bits per heavy atom. The van der Waals surface area contributed by atoms with Gasteiger partial charge >= 0.3 is 0 Å². The number of aromatic nitrogens is 2. The van der Waals surface area contributed by atoms with Crippen LogP contribution in [0.1, 0.15) is 23.5 Å². The van der Waals surface area contributed by atoms with Crippen molar-refractivity contribution >= 4 is 21.4 Å². The normalized spacial score (nSPS) is 12.7. The number of benzene rings is 1. The van der Waals surface area contributed by atoms with Crippen LogP contribution in [-0.4, -0.2) is 16.5 Å². The second-order valence-electron chi connectivity index (χ2n) is 4.45. The molecule has 3 nitrogen and oxygen atoms in total. The molecular weight excluding hydrogens is 273 g/mol. The monoisotopic (exact) mass is 287 g/mol. The van der Waals surface area contributed by atoms with Gasteiger partial charge in [-0.05, 0) is 30.1 Å². The molecule has 2 aromatic heterocycles. The number of thiophene rings is 1. The number of hydrogen-bond acceptors (Lipinski definition) is 4. The van der Waals surface area contributed by atoms with Gasteiger partial charge in [-0.25, -0.2) is 4.39 Å². The van der Waals surface area contributed by atoms with Crippen molar-refractivity contribution in [3.05, 3.63) is 59.2 Å². The van der Waals surface area contributed by atoms with E-state index in [1.165, 1.54) is 6.07 Å². The van der Waals surface area contributed by atoms with Gasteiger partial charge in [-0.15, -0.1) is 11.3 Å². The average molecular weight is 287 g/mol. The highest BCUT2D eigenvalue weighted by molar-refractivity contribution is 7.19. The molecule has 2 heterocycles. The second kappa shape index (κ2) is 5.64. The number of nitrogens with zero attached hydrogens (tertiary/aromatic N) is 2. The lowest BCUT2D eigenvalue weighted by Crippen LogP contribution is -2.22. The van der Waals surface area contributed by atoms with E-state index in [1.54, 1.807) is 36.0 Å². The largest absolute Gasteiger partial charge is 0.305 e. The van der Waals surface area contributed by atoms with Crippen molar-refractivity contribution < 1.29 is 4.39 Å². The standard InChI is InChI=1S/C15H14FN3S/c1-2-18-15(12-9-17-5-6-19-12)14-7-10-3-4-11(16)8-13(10)20-14/h3-9,15,18H,2H2,1H3. The van der Waals surface area contributed by atoms with Crippen molar-refractivity contribution in [1.82, 2.24) is 15.3 Å². The molecule has 1 atom stereocenters. The Kier molecular flexibility index (Phi) is 3.71. The quantitative estimate of drug-likeness (QED) is 0.797. The summed E-state index contributed by atoms with van der Waals surface area (Å²) in [4.78, 5) is 9.61. The lowest BCUT2D eigenvalue weighted by atomic mass is 10.1. The summed E-state index contributed by atoms with van der Waals surface area (Å²) in [5, 5.41) is 4.46. The van der Waals surface area contributed by atoms with Crippen molar-refractivity contribution in [2.24, 2.45) is 0 Å². The molecule has 20 heavy (non-hydrogen) atoms. The number of hydrogen-bond donors (Lipinski definition) is 1. The summed E-state index contributed by atoms with van der Waals surface area (Å²) >= 11 is 1.58. The van der Waals surface area contributed by atoms with E-state index in [9.17, 15) is 4.39 Å². The van der Waals surface area contributed by atoms with Gasteiger partial charge in [-0.1, -0.05) is 13.0 Å². The third-order valence-corrected chi connectivity index (χ3v) is 4.24. The van der Waals surface area contributed by atoms with Crippen molar-refractivity contribution in [3.8, 4) is 0 Å². The van der Waals surface area contributed by atoms with Crippen LogP contribution in [0, 0.1) is 5.82 Å². The topological polar surface area (TPSA) is 37.8 Å². The van der Waals surface area contributed by atoms with Gasteiger partial charge in [-0.3, -0.25) is 9.97 Å². The average Bonchev–Trinajstić information content (AvgIpc) is 2.88. The van der Waals surface area contributed by atoms with E-state index in [0.29, 0.717) is 0 Å². The van der Waals surface area contributed by atoms with E-state index in [1.807, 2.05) is 6.07 Å². The van der Waals surface area contributed by atoms with E-state index in [0.717, 1.165) is 27.2 Å². The number of nitrogens with one attached hydrogen (secondary N) is 1. The van der Waals surface area contributed by atoms with Crippen LogP contribution >= 0.6 is 11.3 Å². The molecule has 3 rings (SSSR count). The van der Waals surface area contributed by atoms with Crippen molar-refractivity contribution in [3.63, 3.8) is 0 Å². The van der Waals surface area contributed by atoms with Gasteiger partial charge in [0.05, 0.1) is 17.9 Å². The first-order valence-electron chi connectivity index (χ1n) is 6.46. The molecular formula is C15H14FN3S. The third kappa shape index (κ3) is 2.55. The number of halogens is 1. The first kappa shape index (κ1) is 13.1. The molecule has 0 aliphatic heterocycles. The molecule has 0 aliphatic carbocycles. The highest BCUT2D eigenvalue weighted by Gasteiger charge is 2.17. The van der Waals surface area contributed by atoms with Crippen LogP contribution in [0.2, 0.25) is 0 Å². The number of fused-ring (bicyclic) bond motifs is 1. The zero-order valence-electron chi connectivity index (χ0n) is 11.0. The van der Waals surface area contributed by atoms with Crippen LogP contribution in [0.5, 0.6) is 0 Å². The van der Waals surface area contributed by atoms with Crippen molar-refractivity contribution in [2.75, 3.05) is 6.54 Å². The van der Waals surface area contributed by atoms with Crippen LogP contribution < -0.4 is 5.32 Å². The Balaban J connectivity index is 2.05. The van der Waals surface area contributed by atoms with E-state index in [2.05, 4.69) is 28.3 Å². The predicted molar refractivity (Wildman–Crippen MR) is 79.3 cm³/mol. The second-order valence-corrected chi connectivity index (χ2v) is 5.57. The summed E-state index contributed by atoms with van der Waals surface area (Å²) in [7, 11) is 0. The van der Waals surface area contributed by atoms with Crippen molar-refractivity contribution in [2.45, 2.75) is 13.0 Å². The van der Waals surface area contributed by atoms with Crippen LogP contribution in [0.4, 0.5) is 4.39 Å². The molecule has 0 fully saturated rings. The van der Waals surface area contributed by atoms with Gasteiger partial charge in [0.2, 0.25) is 0 Å². The third-order valence-electron chi connectivity index (χ3n) is 3.07. The zero-order chi connectivity index (χ0) is 13.9. The van der Waals surface area contributed by atoms with Gasteiger partial charge in [0.15, 0.2) is 0 Å². The molecule has 3 aromatic rings. The van der Waals surface area contributed by atoms with Crippen LogP contribution in [-0.2, 0) is 0 Å². The first-order chi connectivity index (χ1) is 9.78. The van der Waals surface area contributed by atoms with Crippen LogP contribution in [0.15, 0.2) is 42.9 Å². The van der Waals surface area contributed by atoms with E-state index in [4.69, 9.17) is 0 Å². The summed E-state index contributed by atoms with van der Waals surface area (Å²) in [6, 6.07) is 6.95. The fraction of sp³-hybridized carbons (Fsp3) is 0.200. The maximum atomic E-state index is 13.3. The van der Waals surface area contributed by atoms with E-state index < -0.39 is 0 Å². The first-order valence-corrected chi connectivity index (χ1v) is 7.28. The molecule has 0 saturated heterocycles. The fourth-order valence-corrected chi connectivity index (χ4v) is 3.36. The zero-order valence-corrected chi connectivity index (χ0v) is 11.8. The summed E-state index contributed by atoms with van der Waals surface area (Å²) in [5.41, 5.74) is 0.876. The minimum atomic E-state index is -0.203. The summed E-state index contributed by atoms with van der Waals surface area (Å²) in [5.74, 6) is -0.203. The molecule has 0 spiro atoms. The van der Waals surface area contributed by atoms with Gasteiger partial charge in [0.25, 0.3) is 0 Å². The molecule has 1 N–H and O–H groups in total. The molecule has 0 saturated carbocycles. The Bertz CT molecular complexity index is 711. The summed E-state index contributed by atoms with van der Waals surface area (Å²) in [6.07, 6.45) is 5.11. The Hall–Kier alpha value is -1.85. The smallest absolute Gasteiger partial charge is 0.124 e. The van der Waals surface area contributed by atoms with Crippen LogP contribution in [0.25, 0.3) is 10.1 Å². The summed E-state index contributed by atoms with van der Waals surface area (Å²) < 4.78 is 14.2. The minimum Gasteiger partial charge on any atom is -0.305 e. The van der Waals surface area contributed by atoms with Gasteiger partial charge in [-0.2, -0.15) is 0 Å². The maximum Gasteiger partial charge on any atom is 0.124 e. The molecule has 1 aromatic carbocycles. The molecule has 5 heteroatoms. The maximum absolute atomic E-state index is 13.3. The summed E-state index contributed by atoms with van der Waals surface area (Å²) in [6.45, 7) is 2.88. The number of rotatable bonds is 4. The van der Waals surface area contributed by atoms with Crippen molar-refractivity contribution in [1.29, 1.82) is 0 Å². The molecule has 0 amide bonds. The molecule has 0 radical (unpaired) electrons. The Morgan fingerprint density at radius 3 is 2.95 bits per heavy atom. The lowest BCUT2D eigenvalue weighted by Gasteiger charge is -2.14. The van der Waals surface area contributed by atoms with Gasteiger partial charge in [0.1, 0.15) is 5.82 Å². The minimum absolute atomic E-state index is 0.00541. The predicted octanol–water partition coefficient (Wildman–Crippen LogP) is 3.53. The lowest BCUT2D eigenvalue weighted by molar-refractivity contribution is 0.621. The highest BCUT2D eigenvalue weighted by Crippen LogP contribution is 2.32. The Labute approximate surface area is 120 Å². The fourth-order valence-electron chi connectivity index (χ4n) is 2.18. The van der Waals surface area contributed by atoms with E-state index in [-0.39, 0.29) is 11.9 Å².